The molecule has 0 unspecified atom stereocenters. The first kappa shape index (κ1) is 34.9. The van der Waals surface area contributed by atoms with Gasteiger partial charge in [-0.25, -0.2) is 14.0 Å². The Morgan fingerprint density at radius 1 is 1.07 bits per heavy atom. The lowest BCUT2D eigenvalue weighted by molar-refractivity contribution is -0.290. The molecule has 250 valence electrons. The average molecular weight is 623 g/mol. The number of carboxylic acid groups (broad SMARTS) is 1. The predicted molar refractivity (Wildman–Crippen MR) is 163 cm³/mol. The zero-order chi connectivity index (χ0) is 33.2. The van der Waals surface area contributed by atoms with Crippen molar-refractivity contribution in [2.75, 3.05) is 0 Å². The van der Waals surface area contributed by atoms with E-state index < -0.39 is 70.2 Å². The second-order valence-corrected chi connectivity index (χ2v) is 16.0. The molecule has 0 amide bonds. The number of aliphatic hydroxyl groups excluding tert-OH is 2. The van der Waals surface area contributed by atoms with Gasteiger partial charge in [-0.15, -0.1) is 0 Å². The Morgan fingerprint density at radius 2 is 1.70 bits per heavy atom. The van der Waals surface area contributed by atoms with Gasteiger partial charge in [0.1, 0.15) is 12.2 Å². The van der Waals surface area contributed by atoms with Crippen LogP contribution in [-0.2, 0) is 23.9 Å². The van der Waals surface area contributed by atoms with Crippen molar-refractivity contribution in [1.82, 2.24) is 0 Å². The monoisotopic (exact) mass is 622 g/mol. The van der Waals surface area contributed by atoms with Gasteiger partial charge in [-0.1, -0.05) is 48.0 Å². The normalized spacial score (nSPS) is 43.0. The summed E-state index contributed by atoms with van der Waals surface area (Å²) in [5, 5.41) is 33.9. The molecule has 0 saturated heterocycles. The molecular weight excluding hydrogens is 567 g/mol. The minimum absolute atomic E-state index is 0.0638. The molecule has 0 aromatic heterocycles. The second-order valence-electron chi connectivity index (χ2n) is 16.0. The van der Waals surface area contributed by atoms with E-state index in [-0.39, 0.29) is 17.8 Å². The van der Waals surface area contributed by atoms with Crippen LogP contribution in [-0.4, -0.2) is 63.3 Å². The number of aliphatic hydroxyl groups is 2. The van der Waals surface area contributed by atoms with Crippen molar-refractivity contribution in [2.45, 2.75) is 144 Å². The number of hydrogen-bond acceptors (Lipinski definition) is 7. The van der Waals surface area contributed by atoms with Gasteiger partial charge in [-0.2, -0.15) is 0 Å². The molecule has 0 radical (unpaired) electrons. The van der Waals surface area contributed by atoms with Gasteiger partial charge in [-0.3, -0.25) is 4.79 Å². The molecule has 0 bridgehead atoms. The van der Waals surface area contributed by atoms with Crippen molar-refractivity contribution in [1.29, 1.82) is 0 Å². The van der Waals surface area contributed by atoms with Crippen LogP contribution in [0, 0.1) is 45.8 Å². The fourth-order valence-corrected chi connectivity index (χ4v) is 10.4. The number of carboxylic acids is 1. The van der Waals surface area contributed by atoms with E-state index in [2.05, 4.69) is 27.7 Å². The van der Waals surface area contributed by atoms with Gasteiger partial charge in [0, 0.05) is 23.8 Å². The Labute approximate surface area is 262 Å². The van der Waals surface area contributed by atoms with Crippen molar-refractivity contribution < 1.29 is 43.6 Å². The van der Waals surface area contributed by atoms with E-state index in [9.17, 15) is 34.1 Å². The number of aliphatic carboxylic acids is 1. The molecule has 0 aromatic carbocycles. The highest BCUT2D eigenvalue weighted by Crippen LogP contribution is 2.74. The molecule has 4 aliphatic carbocycles. The first-order chi connectivity index (χ1) is 20.2. The summed E-state index contributed by atoms with van der Waals surface area (Å²) in [5.74, 6) is -3.20. The predicted octanol–water partition coefficient (Wildman–Crippen LogP) is 6.02. The van der Waals surface area contributed by atoms with Crippen LogP contribution in [0.2, 0.25) is 0 Å². The molecule has 8 nitrogen and oxygen atoms in total. The Hall–Kier alpha value is -2.00. The van der Waals surface area contributed by atoms with Gasteiger partial charge in [0.15, 0.2) is 0 Å². The zero-order valence-electron chi connectivity index (χ0n) is 28.1. The van der Waals surface area contributed by atoms with E-state index in [4.69, 9.17) is 9.47 Å². The number of alkyl halides is 1. The molecule has 3 N–H and O–H groups in total. The summed E-state index contributed by atoms with van der Waals surface area (Å²) in [4.78, 5) is 38.3. The van der Waals surface area contributed by atoms with E-state index in [0.717, 1.165) is 20.3 Å². The Morgan fingerprint density at radius 3 is 2.25 bits per heavy atom. The zero-order valence-corrected chi connectivity index (χ0v) is 28.1. The Kier molecular flexibility index (Phi) is 9.49. The summed E-state index contributed by atoms with van der Waals surface area (Å²) >= 11 is 0. The van der Waals surface area contributed by atoms with Gasteiger partial charge < -0.3 is 24.8 Å². The summed E-state index contributed by atoms with van der Waals surface area (Å²) in [7, 11) is 0. The topological polar surface area (TPSA) is 130 Å². The van der Waals surface area contributed by atoms with Crippen LogP contribution in [0.25, 0.3) is 0 Å². The molecule has 0 heterocycles. The third kappa shape index (κ3) is 5.52. The van der Waals surface area contributed by atoms with Crippen molar-refractivity contribution in [3.63, 3.8) is 0 Å². The first-order valence-electron chi connectivity index (χ1n) is 16.6. The van der Waals surface area contributed by atoms with Crippen LogP contribution in [0.15, 0.2) is 11.1 Å². The van der Waals surface area contributed by atoms with Crippen LogP contribution in [0.5, 0.6) is 0 Å². The van der Waals surface area contributed by atoms with Crippen molar-refractivity contribution in [3.05, 3.63) is 11.1 Å². The van der Waals surface area contributed by atoms with E-state index in [0.29, 0.717) is 62.0 Å². The number of hydrogen-bond donors (Lipinski definition) is 3. The molecule has 44 heavy (non-hydrogen) atoms. The number of rotatable bonds is 8. The molecule has 0 aliphatic heterocycles. The maximum Gasteiger partial charge on any atom is 0.343 e. The van der Waals surface area contributed by atoms with Gasteiger partial charge >= 0.3 is 17.9 Å². The fraction of sp³-hybridized carbons (Fsp3) is 0.857. The minimum atomic E-state index is -2.28. The summed E-state index contributed by atoms with van der Waals surface area (Å²) in [6.45, 7) is 15.9. The molecule has 0 aromatic rings. The molecule has 4 aliphatic rings. The van der Waals surface area contributed by atoms with Gasteiger partial charge in [0.2, 0.25) is 5.67 Å². The molecule has 0 spiro atoms. The van der Waals surface area contributed by atoms with Gasteiger partial charge in [-0.05, 0) is 98.9 Å². The fourth-order valence-electron chi connectivity index (χ4n) is 10.4. The number of carbonyl (C=O) groups is 3. The van der Waals surface area contributed by atoms with Crippen LogP contribution >= 0.6 is 0 Å². The van der Waals surface area contributed by atoms with Crippen LogP contribution in [0.4, 0.5) is 4.39 Å². The minimum Gasteiger partial charge on any atom is -0.478 e. The van der Waals surface area contributed by atoms with Crippen molar-refractivity contribution in [3.8, 4) is 0 Å². The lowest BCUT2D eigenvalue weighted by atomic mass is 9.35. The van der Waals surface area contributed by atoms with E-state index in [1.54, 1.807) is 0 Å². The van der Waals surface area contributed by atoms with E-state index in [1.165, 1.54) is 6.92 Å². The SMILES string of the molecule is CC(=O)O[C@H]1C[C@@]2(C)[C@@H](CC[C@H]3[C@@]4(C)CC[C@@H](O)[C@@H](C)[C@@H]4[C@@H](OC(=O)C(C)(C)F)[C@H](O)[C@@]32C)/C1=C(\CCCC(C)C)C(=O)O. The summed E-state index contributed by atoms with van der Waals surface area (Å²) in [6, 6.07) is 0. The summed E-state index contributed by atoms with van der Waals surface area (Å²) in [6.07, 6.45) is 1.12. The highest BCUT2D eigenvalue weighted by molar-refractivity contribution is 5.88. The lowest BCUT2D eigenvalue weighted by Gasteiger charge is -2.70. The van der Waals surface area contributed by atoms with Gasteiger partial charge in [0.05, 0.1) is 12.2 Å². The Balaban J connectivity index is 1.89. The second kappa shape index (κ2) is 12.0. The smallest absolute Gasteiger partial charge is 0.343 e. The van der Waals surface area contributed by atoms with E-state index >= 15 is 0 Å². The highest BCUT2D eigenvalue weighted by atomic mass is 19.1. The number of carbonyl (C=O) groups excluding carboxylic acids is 2. The Bertz CT molecular complexity index is 1170. The van der Waals surface area contributed by atoms with Crippen molar-refractivity contribution in [2.24, 2.45) is 45.8 Å². The van der Waals surface area contributed by atoms with Crippen molar-refractivity contribution >= 4 is 17.9 Å². The third-order valence-corrected chi connectivity index (χ3v) is 12.6. The number of esters is 2. The number of fused-ring (bicyclic) bond motifs is 5. The molecule has 4 saturated carbocycles. The molecule has 4 rings (SSSR count). The summed E-state index contributed by atoms with van der Waals surface area (Å²) in [5.41, 5.74) is -3.44. The maximum atomic E-state index is 14.9. The standard InChI is InChI=1S/C35H55FO8/c1-18(2)11-10-12-21(30(40)41)26-22-13-14-25-33(7)16-15-23(38)19(3)27(33)28(44-31(42)32(5,6)36)29(39)35(25,9)34(22,8)17-24(26)43-20(4)37/h18-19,22-25,27-29,38-39H,10-17H2,1-9H3,(H,40,41)/b26-21-/t19-,22+,23-,24+,25+,27-,28-,29+,33-,34+,35-/m1/s1. The molecule has 9 heteroatoms. The van der Waals surface area contributed by atoms with Crippen LogP contribution in [0.3, 0.4) is 0 Å². The van der Waals surface area contributed by atoms with Crippen LogP contribution < -0.4 is 0 Å². The quantitative estimate of drug-likeness (QED) is 0.222. The summed E-state index contributed by atoms with van der Waals surface area (Å²) < 4.78 is 26.7. The lowest BCUT2D eigenvalue weighted by Crippen LogP contribution is -2.72. The highest BCUT2D eigenvalue weighted by Gasteiger charge is 2.74. The number of ether oxygens (including phenoxy) is 2. The average Bonchev–Trinajstić information content (AvgIpc) is 3.18. The molecular formula is C35H55FO8. The van der Waals surface area contributed by atoms with Crippen LogP contribution in [0.1, 0.15) is 114 Å². The largest absolute Gasteiger partial charge is 0.478 e. The number of halogens is 1. The van der Waals surface area contributed by atoms with Gasteiger partial charge in [0.25, 0.3) is 0 Å². The first-order valence-corrected chi connectivity index (χ1v) is 16.6. The third-order valence-electron chi connectivity index (χ3n) is 12.6. The van der Waals surface area contributed by atoms with E-state index in [1.807, 2.05) is 13.8 Å². The molecule has 11 atom stereocenters. The molecule has 4 fully saturated rings. The maximum absolute atomic E-state index is 14.9.